The highest BCUT2D eigenvalue weighted by molar-refractivity contribution is 7.99. The van der Waals surface area contributed by atoms with Crippen LogP contribution in [0.5, 0.6) is 0 Å². The minimum Gasteiger partial charge on any atom is -0.378 e. The second-order valence-electron chi connectivity index (χ2n) is 7.64. The lowest BCUT2D eigenvalue weighted by molar-refractivity contribution is -0.122. The Hall–Kier alpha value is -2.15. The van der Waals surface area contributed by atoms with Crippen LogP contribution in [0.25, 0.3) is 10.9 Å². The summed E-state index contributed by atoms with van der Waals surface area (Å²) in [6.45, 7) is 4.40. The molecule has 4 nitrogen and oxygen atoms in total. The molecule has 2 heterocycles. The lowest BCUT2D eigenvalue weighted by Gasteiger charge is -2.39. The van der Waals surface area contributed by atoms with Gasteiger partial charge >= 0.3 is 0 Å². The predicted molar refractivity (Wildman–Crippen MR) is 113 cm³/mol. The molecule has 0 amide bonds. The topological polar surface area (TPSA) is 51.3 Å². The largest absolute Gasteiger partial charge is 0.378 e. The summed E-state index contributed by atoms with van der Waals surface area (Å²) in [5.74, 6) is -0.276. The van der Waals surface area contributed by atoms with Crippen molar-refractivity contribution in [1.82, 2.24) is 4.98 Å². The second kappa shape index (κ2) is 7.94. The van der Waals surface area contributed by atoms with E-state index in [2.05, 4.69) is 4.98 Å². The molecule has 29 heavy (non-hydrogen) atoms. The molecule has 0 spiro atoms. The average molecular weight is 414 g/mol. The van der Waals surface area contributed by atoms with Crippen molar-refractivity contribution in [3.8, 4) is 0 Å². The number of hydrogen-bond acceptors (Lipinski definition) is 4. The number of fused-ring (bicyclic) bond motifs is 1. The van der Waals surface area contributed by atoms with E-state index in [4.69, 9.17) is 9.47 Å². The van der Waals surface area contributed by atoms with E-state index in [1.807, 2.05) is 37.3 Å². The Balaban J connectivity index is 1.68. The first-order valence-electron chi connectivity index (χ1n) is 9.68. The molecule has 2 aromatic carbocycles. The van der Waals surface area contributed by atoms with Gasteiger partial charge in [0.2, 0.25) is 0 Å². The van der Waals surface area contributed by atoms with E-state index >= 15 is 0 Å². The zero-order valence-electron chi connectivity index (χ0n) is 16.8. The summed E-state index contributed by atoms with van der Waals surface area (Å²) >= 11 is 1.50. The number of nitrogens with one attached hydrogen (secondary N) is 1. The van der Waals surface area contributed by atoms with E-state index in [1.165, 1.54) is 11.8 Å². The number of aromatic amines is 1. The zero-order chi connectivity index (χ0) is 20.6. The molecule has 2 unspecified atom stereocenters. The normalized spacial score (nSPS) is 22.1. The lowest BCUT2D eigenvalue weighted by atomic mass is 9.83. The zero-order valence-corrected chi connectivity index (χ0v) is 17.6. The summed E-state index contributed by atoms with van der Waals surface area (Å²) in [4.78, 5) is 16.5. The van der Waals surface area contributed by atoms with Gasteiger partial charge in [0.25, 0.3) is 5.56 Å². The molecule has 1 fully saturated rings. The number of hydrogen-bond donors (Lipinski definition) is 1. The monoisotopic (exact) mass is 413 g/mol. The van der Waals surface area contributed by atoms with Crippen LogP contribution in [-0.4, -0.2) is 24.8 Å². The Labute approximate surface area is 173 Å². The third-order valence-electron chi connectivity index (χ3n) is 5.55. The fourth-order valence-electron chi connectivity index (χ4n) is 3.99. The predicted octanol–water partition coefficient (Wildman–Crippen LogP) is 5.17. The average Bonchev–Trinajstić information content (AvgIpc) is 2.68. The van der Waals surface area contributed by atoms with Gasteiger partial charge in [-0.1, -0.05) is 11.8 Å². The van der Waals surface area contributed by atoms with Crippen LogP contribution < -0.4 is 5.56 Å². The van der Waals surface area contributed by atoms with Crippen LogP contribution >= 0.6 is 11.8 Å². The first kappa shape index (κ1) is 20.1. The van der Waals surface area contributed by atoms with Gasteiger partial charge in [-0.3, -0.25) is 4.79 Å². The van der Waals surface area contributed by atoms with Crippen molar-refractivity contribution in [2.24, 2.45) is 0 Å². The molecule has 1 aliphatic rings. The van der Waals surface area contributed by atoms with Crippen molar-refractivity contribution in [2.75, 3.05) is 13.7 Å². The summed E-state index contributed by atoms with van der Waals surface area (Å²) in [7, 11) is 1.68. The van der Waals surface area contributed by atoms with Crippen LogP contribution in [0, 0.1) is 12.7 Å². The molecule has 0 bridgehead atoms. The maximum Gasteiger partial charge on any atom is 0.251 e. The second-order valence-corrected chi connectivity index (χ2v) is 8.79. The Morgan fingerprint density at radius 3 is 2.79 bits per heavy atom. The molecule has 0 aliphatic carbocycles. The van der Waals surface area contributed by atoms with Crippen LogP contribution in [0.3, 0.4) is 0 Å². The van der Waals surface area contributed by atoms with E-state index < -0.39 is 5.60 Å². The van der Waals surface area contributed by atoms with E-state index in [1.54, 1.807) is 26.2 Å². The summed E-state index contributed by atoms with van der Waals surface area (Å²) in [6, 6.07) is 12.8. The van der Waals surface area contributed by atoms with Gasteiger partial charge in [0, 0.05) is 40.8 Å². The molecule has 6 heteroatoms. The molecule has 3 aromatic rings. The number of aryl methyl sites for hydroxylation is 1. The Morgan fingerprint density at radius 1 is 1.21 bits per heavy atom. The number of benzene rings is 2. The molecule has 0 saturated carbocycles. The minimum absolute atomic E-state index is 0.0638. The van der Waals surface area contributed by atoms with Crippen LogP contribution in [0.2, 0.25) is 0 Å². The highest BCUT2D eigenvalue weighted by Gasteiger charge is 2.38. The molecule has 152 valence electrons. The van der Waals surface area contributed by atoms with Gasteiger partial charge in [-0.15, -0.1) is 0 Å². The van der Waals surface area contributed by atoms with Crippen LogP contribution in [0.1, 0.15) is 30.9 Å². The molecular formula is C23H24FNO3S. The van der Waals surface area contributed by atoms with Crippen molar-refractivity contribution in [3.63, 3.8) is 0 Å². The third kappa shape index (κ3) is 4.10. The highest BCUT2D eigenvalue weighted by Crippen LogP contribution is 2.40. The Morgan fingerprint density at radius 2 is 2.03 bits per heavy atom. The van der Waals surface area contributed by atoms with Crippen molar-refractivity contribution in [1.29, 1.82) is 0 Å². The number of aromatic nitrogens is 1. The number of halogens is 1. The quantitative estimate of drug-likeness (QED) is 0.641. The van der Waals surface area contributed by atoms with Crippen LogP contribution in [-0.2, 0) is 15.1 Å². The fourth-order valence-corrected chi connectivity index (χ4v) is 4.95. The Kier molecular flexibility index (Phi) is 5.51. The first-order chi connectivity index (χ1) is 13.9. The number of methoxy groups -OCH3 is 1. The lowest BCUT2D eigenvalue weighted by Crippen LogP contribution is -2.39. The number of ether oxygens (including phenoxy) is 2. The summed E-state index contributed by atoms with van der Waals surface area (Å²) in [5, 5.41) is 0.954. The summed E-state index contributed by atoms with van der Waals surface area (Å²) < 4.78 is 26.1. The molecule has 0 radical (unpaired) electrons. The SMILES string of the molecule is COC1(c2cc(F)cc(Sc3ccc4[nH]c(=O)c(C)cc4c3)c2)CCOC(C)C1. The number of rotatable bonds is 4. The van der Waals surface area contributed by atoms with E-state index in [0.717, 1.165) is 26.3 Å². The van der Waals surface area contributed by atoms with Gasteiger partial charge in [-0.2, -0.15) is 0 Å². The third-order valence-corrected chi connectivity index (χ3v) is 6.51. The summed E-state index contributed by atoms with van der Waals surface area (Å²) in [5.41, 5.74) is 1.69. The molecule has 2 atom stereocenters. The number of pyridine rings is 1. The van der Waals surface area contributed by atoms with Crippen molar-refractivity contribution in [3.05, 3.63) is 69.8 Å². The maximum atomic E-state index is 14.5. The van der Waals surface area contributed by atoms with Gasteiger partial charge < -0.3 is 14.5 Å². The maximum absolute atomic E-state index is 14.5. The fraction of sp³-hybridized carbons (Fsp3) is 0.348. The van der Waals surface area contributed by atoms with Crippen molar-refractivity contribution in [2.45, 2.75) is 48.2 Å². The van der Waals surface area contributed by atoms with E-state index in [-0.39, 0.29) is 17.5 Å². The highest BCUT2D eigenvalue weighted by atomic mass is 32.2. The molecule has 1 aliphatic heterocycles. The Bertz CT molecular complexity index is 1110. The smallest absolute Gasteiger partial charge is 0.251 e. The van der Waals surface area contributed by atoms with E-state index in [9.17, 15) is 9.18 Å². The van der Waals surface area contributed by atoms with Gasteiger partial charge in [0.05, 0.1) is 18.3 Å². The molecule has 4 rings (SSSR count). The summed E-state index contributed by atoms with van der Waals surface area (Å²) in [6.07, 6.45) is 1.46. The van der Waals surface area contributed by atoms with Crippen LogP contribution in [0.15, 0.2) is 57.1 Å². The van der Waals surface area contributed by atoms with Gasteiger partial charge in [0.15, 0.2) is 0 Å². The van der Waals surface area contributed by atoms with Gasteiger partial charge in [-0.05, 0) is 67.3 Å². The minimum atomic E-state index is -0.533. The molecule has 1 saturated heterocycles. The number of H-pyrrole nitrogens is 1. The molecule has 1 N–H and O–H groups in total. The van der Waals surface area contributed by atoms with Crippen molar-refractivity contribution < 1.29 is 13.9 Å². The van der Waals surface area contributed by atoms with Crippen LogP contribution in [0.4, 0.5) is 4.39 Å². The standard InChI is InChI=1S/C23H24FNO3S/c1-14-8-16-9-19(4-5-21(16)25-22(14)26)29-20-11-17(10-18(24)12-20)23(27-3)6-7-28-15(2)13-23/h4-5,8-12,15H,6-7,13H2,1-3H3,(H,25,26). The molecule has 1 aromatic heterocycles. The first-order valence-corrected chi connectivity index (χ1v) is 10.5. The van der Waals surface area contributed by atoms with E-state index in [0.29, 0.717) is 25.0 Å². The molecular weight excluding hydrogens is 389 g/mol. The van der Waals surface area contributed by atoms with Crippen molar-refractivity contribution >= 4 is 22.7 Å². The van der Waals surface area contributed by atoms with Gasteiger partial charge in [-0.25, -0.2) is 4.39 Å². The van der Waals surface area contributed by atoms with Gasteiger partial charge in [0.1, 0.15) is 5.82 Å².